The first-order valence-electron chi connectivity index (χ1n) is 7.08. The lowest BCUT2D eigenvalue weighted by molar-refractivity contribution is -0.150. The standard InChI is InChI=1S/C16H20N2O6/c1-4-5-12-6-7-13(14(8-12)22-3)23-10-16(21)24-9-15(20)18-17-11(2)19/h4,6-8H,1,5,9-10H2,2-3H3,(H,17,19)(H,18,20). The Morgan fingerprint density at radius 3 is 2.54 bits per heavy atom. The molecule has 0 aliphatic rings. The van der Waals surface area contributed by atoms with E-state index in [2.05, 4.69) is 17.4 Å². The van der Waals surface area contributed by atoms with Crippen LogP contribution in [0.3, 0.4) is 0 Å². The van der Waals surface area contributed by atoms with Crippen molar-refractivity contribution in [2.75, 3.05) is 20.3 Å². The van der Waals surface area contributed by atoms with Crippen molar-refractivity contribution in [2.45, 2.75) is 13.3 Å². The van der Waals surface area contributed by atoms with E-state index in [-0.39, 0.29) is 6.61 Å². The first kappa shape index (κ1) is 19.0. The fourth-order valence-corrected chi connectivity index (χ4v) is 1.64. The molecule has 24 heavy (non-hydrogen) atoms. The minimum atomic E-state index is -0.731. The number of carbonyl (C=O) groups excluding carboxylic acids is 3. The van der Waals surface area contributed by atoms with Crippen LogP contribution in [0.25, 0.3) is 0 Å². The molecule has 0 saturated carbocycles. The summed E-state index contributed by atoms with van der Waals surface area (Å²) < 4.78 is 15.2. The van der Waals surface area contributed by atoms with Crippen molar-refractivity contribution >= 4 is 17.8 Å². The highest BCUT2D eigenvalue weighted by molar-refractivity contribution is 5.83. The smallest absolute Gasteiger partial charge is 0.344 e. The lowest BCUT2D eigenvalue weighted by Crippen LogP contribution is -2.42. The van der Waals surface area contributed by atoms with E-state index in [1.807, 2.05) is 6.07 Å². The van der Waals surface area contributed by atoms with Gasteiger partial charge in [0.1, 0.15) is 0 Å². The summed E-state index contributed by atoms with van der Waals surface area (Å²) in [4.78, 5) is 33.4. The second kappa shape index (κ2) is 9.88. The summed E-state index contributed by atoms with van der Waals surface area (Å²) >= 11 is 0. The first-order chi connectivity index (χ1) is 11.5. The number of ether oxygens (including phenoxy) is 3. The van der Waals surface area contributed by atoms with Gasteiger partial charge in [-0.3, -0.25) is 20.4 Å². The number of rotatable bonds is 8. The van der Waals surface area contributed by atoms with E-state index >= 15 is 0 Å². The number of nitrogens with one attached hydrogen (secondary N) is 2. The predicted molar refractivity (Wildman–Crippen MR) is 85.3 cm³/mol. The van der Waals surface area contributed by atoms with Crippen LogP contribution in [0.2, 0.25) is 0 Å². The van der Waals surface area contributed by atoms with Crippen LogP contribution >= 0.6 is 0 Å². The normalized spacial score (nSPS) is 9.58. The molecule has 1 aromatic carbocycles. The summed E-state index contributed by atoms with van der Waals surface area (Å²) in [5, 5.41) is 0. The molecule has 0 aliphatic heterocycles. The second-order valence-corrected chi connectivity index (χ2v) is 4.66. The van der Waals surface area contributed by atoms with Crippen LogP contribution in [0.15, 0.2) is 30.9 Å². The Morgan fingerprint density at radius 1 is 1.17 bits per heavy atom. The largest absolute Gasteiger partial charge is 0.493 e. The van der Waals surface area contributed by atoms with Crippen molar-refractivity contribution in [2.24, 2.45) is 0 Å². The van der Waals surface area contributed by atoms with Gasteiger partial charge in [-0.1, -0.05) is 12.1 Å². The molecular formula is C16H20N2O6. The number of amides is 2. The Kier molecular flexibility index (Phi) is 7.83. The number of allylic oxidation sites excluding steroid dienone is 1. The number of hydrogen-bond donors (Lipinski definition) is 2. The zero-order valence-electron chi connectivity index (χ0n) is 13.6. The van der Waals surface area contributed by atoms with E-state index in [0.29, 0.717) is 17.9 Å². The highest BCUT2D eigenvalue weighted by Gasteiger charge is 2.11. The number of methoxy groups -OCH3 is 1. The van der Waals surface area contributed by atoms with Crippen LogP contribution in [-0.2, 0) is 25.5 Å². The third-order valence-corrected chi connectivity index (χ3v) is 2.70. The van der Waals surface area contributed by atoms with Crippen molar-refractivity contribution in [1.82, 2.24) is 10.9 Å². The van der Waals surface area contributed by atoms with E-state index in [1.165, 1.54) is 14.0 Å². The Labute approximate surface area is 139 Å². The van der Waals surface area contributed by atoms with Crippen LogP contribution in [0.1, 0.15) is 12.5 Å². The quantitative estimate of drug-likeness (QED) is 0.407. The molecule has 2 N–H and O–H groups in total. The molecule has 1 rings (SSSR count). The van der Waals surface area contributed by atoms with Gasteiger partial charge in [-0.05, 0) is 24.1 Å². The fourth-order valence-electron chi connectivity index (χ4n) is 1.64. The first-order valence-corrected chi connectivity index (χ1v) is 7.08. The average molecular weight is 336 g/mol. The average Bonchev–Trinajstić information content (AvgIpc) is 2.56. The number of benzene rings is 1. The molecule has 0 heterocycles. The second-order valence-electron chi connectivity index (χ2n) is 4.66. The van der Waals surface area contributed by atoms with E-state index in [4.69, 9.17) is 14.2 Å². The molecule has 0 unspecified atom stereocenters. The molecule has 0 aliphatic carbocycles. The number of carbonyl (C=O) groups is 3. The van der Waals surface area contributed by atoms with Gasteiger partial charge in [0.05, 0.1) is 7.11 Å². The molecule has 0 atom stereocenters. The van der Waals surface area contributed by atoms with Gasteiger partial charge in [0.2, 0.25) is 5.91 Å². The molecule has 0 aromatic heterocycles. The molecule has 0 saturated heterocycles. The molecule has 2 amide bonds. The van der Waals surface area contributed by atoms with E-state index in [0.717, 1.165) is 5.56 Å². The molecule has 0 fully saturated rings. The summed E-state index contributed by atoms with van der Waals surface area (Å²) in [6, 6.07) is 5.28. The highest BCUT2D eigenvalue weighted by Crippen LogP contribution is 2.28. The van der Waals surface area contributed by atoms with Gasteiger partial charge in [-0.15, -0.1) is 6.58 Å². The SMILES string of the molecule is C=CCc1ccc(OCC(=O)OCC(=O)NNC(C)=O)c(OC)c1. The molecule has 1 aromatic rings. The summed E-state index contributed by atoms with van der Waals surface area (Å²) in [6.45, 7) is 3.98. The lowest BCUT2D eigenvalue weighted by atomic mass is 10.1. The summed E-state index contributed by atoms with van der Waals surface area (Å²) in [7, 11) is 1.49. The van der Waals surface area contributed by atoms with Gasteiger partial charge < -0.3 is 14.2 Å². The van der Waals surface area contributed by atoms with Crippen molar-refractivity contribution in [3.05, 3.63) is 36.4 Å². The molecular weight excluding hydrogens is 316 g/mol. The highest BCUT2D eigenvalue weighted by atomic mass is 16.6. The van der Waals surface area contributed by atoms with Crippen molar-refractivity contribution in [3.63, 3.8) is 0 Å². The minimum absolute atomic E-state index is 0.380. The van der Waals surface area contributed by atoms with Crippen LogP contribution in [0.5, 0.6) is 11.5 Å². The Morgan fingerprint density at radius 2 is 1.92 bits per heavy atom. The molecule has 130 valence electrons. The summed E-state index contributed by atoms with van der Waals surface area (Å²) in [5.74, 6) is -0.976. The van der Waals surface area contributed by atoms with E-state index in [9.17, 15) is 14.4 Å². The van der Waals surface area contributed by atoms with Crippen LogP contribution in [0.4, 0.5) is 0 Å². The van der Waals surface area contributed by atoms with Gasteiger partial charge in [-0.25, -0.2) is 4.79 Å². The van der Waals surface area contributed by atoms with E-state index in [1.54, 1.807) is 18.2 Å². The maximum absolute atomic E-state index is 11.6. The van der Waals surface area contributed by atoms with Gasteiger partial charge in [-0.2, -0.15) is 0 Å². The lowest BCUT2D eigenvalue weighted by Gasteiger charge is -2.11. The Bertz CT molecular complexity index is 615. The monoisotopic (exact) mass is 336 g/mol. The van der Waals surface area contributed by atoms with Gasteiger partial charge in [0, 0.05) is 6.92 Å². The van der Waals surface area contributed by atoms with Crippen LogP contribution in [-0.4, -0.2) is 38.1 Å². The van der Waals surface area contributed by atoms with Gasteiger partial charge >= 0.3 is 5.97 Å². The molecule has 0 radical (unpaired) electrons. The van der Waals surface area contributed by atoms with Gasteiger partial charge in [0.25, 0.3) is 5.91 Å². The topological polar surface area (TPSA) is 103 Å². The molecule has 0 spiro atoms. The van der Waals surface area contributed by atoms with Crippen molar-refractivity contribution < 1.29 is 28.6 Å². The van der Waals surface area contributed by atoms with Crippen LogP contribution < -0.4 is 20.3 Å². The van der Waals surface area contributed by atoms with Gasteiger partial charge in [0.15, 0.2) is 24.7 Å². The Balaban J connectivity index is 2.45. The summed E-state index contributed by atoms with van der Waals surface area (Å²) in [5.41, 5.74) is 5.13. The van der Waals surface area contributed by atoms with Crippen molar-refractivity contribution in [1.29, 1.82) is 0 Å². The Hall–Kier alpha value is -3.03. The summed E-state index contributed by atoms with van der Waals surface area (Å²) in [6.07, 6.45) is 2.45. The minimum Gasteiger partial charge on any atom is -0.493 e. The molecule has 0 bridgehead atoms. The number of esters is 1. The zero-order valence-corrected chi connectivity index (χ0v) is 13.6. The molecule has 8 heteroatoms. The van der Waals surface area contributed by atoms with Crippen LogP contribution in [0, 0.1) is 0 Å². The maximum atomic E-state index is 11.6. The number of hydrogen-bond acceptors (Lipinski definition) is 6. The van der Waals surface area contributed by atoms with Crippen molar-refractivity contribution in [3.8, 4) is 11.5 Å². The van der Waals surface area contributed by atoms with E-state index < -0.39 is 24.4 Å². The maximum Gasteiger partial charge on any atom is 0.344 e. The fraction of sp³-hybridized carbons (Fsp3) is 0.312. The zero-order chi connectivity index (χ0) is 17.9. The molecule has 8 nitrogen and oxygen atoms in total. The third kappa shape index (κ3) is 6.82. The third-order valence-electron chi connectivity index (χ3n) is 2.70. The predicted octanol–water partition coefficient (Wildman–Crippen LogP) is 0.513. The number of hydrazine groups is 1.